The Morgan fingerprint density at radius 1 is 1.16 bits per heavy atom. The van der Waals surface area contributed by atoms with Crippen molar-refractivity contribution in [3.05, 3.63) is 30.3 Å². The summed E-state index contributed by atoms with van der Waals surface area (Å²) in [6, 6.07) is 10.3. The molecule has 25 heavy (non-hydrogen) atoms. The third-order valence-electron chi connectivity index (χ3n) is 5.46. The lowest BCUT2D eigenvalue weighted by molar-refractivity contribution is -0.127. The summed E-state index contributed by atoms with van der Waals surface area (Å²) in [6.45, 7) is 7.58. The zero-order valence-corrected chi connectivity index (χ0v) is 15.3. The SMILES string of the molecule is C[C@@H](C(=O)NC1CCCC1)N1CCN(CCOc2ccccc2)CC1. The summed E-state index contributed by atoms with van der Waals surface area (Å²) in [7, 11) is 0. The summed E-state index contributed by atoms with van der Waals surface area (Å²) in [5, 5.41) is 3.23. The van der Waals surface area contributed by atoms with Gasteiger partial charge in [-0.25, -0.2) is 0 Å². The van der Waals surface area contributed by atoms with Crippen molar-refractivity contribution in [1.29, 1.82) is 0 Å². The summed E-state index contributed by atoms with van der Waals surface area (Å²) < 4.78 is 5.78. The first kappa shape index (κ1) is 18.2. The highest BCUT2D eigenvalue weighted by Crippen LogP contribution is 2.18. The molecule has 1 saturated carbocycles. The first-order valence-electron chi connectivity index (χ1n) is 9.67. The number of rotatable bonds is 7. The molecule has 2 fully saturated rings. The standard InChI is InChI=1S/C20H31N3O2/c1-17(20(24)21-18-7-5-6-8-18)23-13-11-22(12-14-23)15-16-25-19-9-3-2-4-10-19/h2-4,9-10,17-18H,5-8,11-16H2,1H3,(H,21,24)/t17-/m0/s1. The second kappa shape index (κ2) is 9.20. The van der Waals surface area contributed by atoms with Crippen molar-refractivity contribution >= 4 is 5.91 Å². The van der Waals surface area contributed by atoms with Crippen molar-refractivity contribution in [2.24, 2.45) is 0 Å². The molecule has 0 radical (unpaired) electrons. The predicted molar refractivity (Wildman–Crippen MR) is 99.8 cm³/mol. The minimum absolute atomic E-state index is 0.0247. The van der Waals surface area contributed by atoms with E-state index < -0.39 is 0 Å². The minimum atomic E-state index is -0.0247. The molecule has 5 heteroatoms. The molecule has 0 spiro atoms. The number of piperazine rings is 1. The van der Waals surface area contributed by atoms with Crippen LogP contribution >= 0.6 is 0 Å². The smallest absolute Gasteiger partial charge is 0.237 e. The third-order valence-corrected chi connectivity index (χ3v) is 5.46. The van der Waals surface area contributed by atoms with Gasteiger partial charge in [0, 0.05) is 38.8 Å². The number of benzene rings is 1. The molecule has 1 N–H and O–H groups in total. The highest BCUT2D eigenvalue weighted by molar-refractivity contribution is 5.81. The van der Waals surface area contributed by atoms with Gasteiger partial charge >= 0.3 is 0 Å². The third kappa shape index (κ3) is 5.44. The second-order valence-corrected chi connectivity index (χ2v) is 7.21. The predicted octanol–water partition coefficient (Wildman–Crippen LogP) is 2.13. The summed E-state index contributed by atoms with van der Waals surface area (Å²) in [4.78, 5) is 17.1. The summed E-state index contributed by atoms with van der Waals surface area (Å²) in [5.41, 5.74) is 0. The highest BCUT2D eigenvalue weighted by Gasteiger charge is 2.27. The Morgan fingerprint density at radius 2 is 1.84 bits per heavy atom. The molecular weight excluding hydrogens is 314 g/mol. The van der Waals surface area contributed by atoms with Gasteiger partial charge in [-0.1, -0.05) is 31.0 Å². The second-order valence-electron chi connectivity index (χ2n) is 7.21. The lowest BCUT2D eigenvalue weighted by atomic mass is 10.2. The first-order valence-corrected chi connectivity index (χ1v) is 9.67. The van der Waals surface area contributed by atoms with Crippen molar-refractivity contribution in [3.63, 3.8) is 0 Å². The molecule has 0 bridgehead atoms. The Hall–Kier alpha value is -1.59. The quantitative estimate of drug-likeness (QED) is 0.822. The van der Waals surface area contributed by atoms with Crippen LogP contribution in [0.5, 0.6) is 5.75 Å². The van der Waals surface area contributed by atoms with Gasteiger partial charge in [0.05, 0.1) is 6.04 Å². The molecule has 5 nitrogen and oxygen atoms in total. The van der Waals surface area contributed by atoms with Gasteiger partial charge in [-0.15, -0.1) is 0 Å². The van der Waals surface area contributed by atoms with E-state index in [0.717, 1.165) is 51.3 Å². The molecule has 1 aliphatic heterocycles. The number of nitrogens with one attached hydrogen (secondary N) is 1. The molecule has 1 amide bonds. The van der Waals surface area contributed by atoms with E-state index in [0.29, 0.717) is 12.6 Å². The minimum Gasteiger partial charge on any atom is -0.492 e. The molecular formula is C20H31N3O2. The summed E-state index contributed by atoms with van der Waals surface area (Å²) in [6.07, 6.45) is 4.80. The first-order chi connectivity index (χ1) is 12.2. The maximum atomic E-state index is 12.4. The average molecular weight is 345 g/mol. The maximum Gasteiger partial charge on any atom is 0.237 e. The van der Waals surface area contributed by atoms with Crippen molar-refractivity contribution in [2.75, 3.05) is 39.3 Å². The number of hydrogen-bond donors (Lipinski definition) is 1. The van der Waals surface area contributed by atoms with Crippen molar-refractivity contribution in [2.45, 2.75) is 44.7 Å². The van der Waals surface area contributed by atoms with E-state index in [1.54, 1.807) is 0 Å². The van der Waals surface area contributed by atoms with Gasteiger partial charge in [0.15, 0.2) is 0 Å². The van der Waals surface area contributed by atoms with Gasteiger partial charge in [0.2, 0.25) is 5.91 Å². The van der Waals surface area contributed by atoms with Crippen LogP contribution in [0.1, 0.15) is 32.6 Å². The Balaban J connectivity index is 1.34. The normalized spacial score (nSPS) is 21.2. The average Bonchev–Trinajstić information content (AvgIpc) is 3.15. The van der Waals surface area contributed by atoms with Crippen LogP contribution in [0.2, 0.25) is 0 Å². The molecule has 138 valence electrons. The number of ether oxygens (including phenoxy) is 1. The van der Waals surface area contributed by atoms with Gasteiger partial charge in [-0.2, -0.15) is 0 Å². The number of nitrogens with zero attached hydrogens (tertiary/aromatic N) is 2. The van der Waals surface area contributed by atoms with Crippen LogP contribution in [0, 0.1) is 0 Å². The van der Waals surface area contributed by atoms with Gasteiger partial charge in [-0.3, -0.25) is 14.6 Å². The zero-order chi connectivity index (χ0) is 17.5. The van der Waals surface area contributed by atoms with E-state index in [9.17, 15) is 4.79 Å². The molecule has 1 saturated heterocycles. The number of amides is 1. The fourth-order valence-electron chi connectivity index (χ4n) is 3.74. The van der Waals surface area contributed by atoms with Crippen molar-refractivity contribution in [1.82, 2.24) is 15.1 Å². The Bertz CT molecular complexity index is 523. The molecule has 2 aliphatic rings. The lowest BCUT2D eigenvalue weighted by Gasteiger charge is -2.37. The van der Waals surface area contributed by atoms with Crippen molar-refractivity contribution < 1.29 is 9.53 Å². The fourth-order valence-corrected chi connectivity index (χ4v) is 3.74. The van der Waals surface area contributed by atoms with Crippen LogP contribution in [0.4, 0.5) is 0 Å². The van der Waals surface area contributed by atoms with E-state index in [1.165, 1.54) is 12.8 Å². The number of carbonyl (C=O) groups is 1. The molecule has 0 aromatic heterocycles. The van der Waals surface area contributed by atoms with Crippen LogP contribution in [-0.4, -0.2) is 67.1 Å². The molecule has 3 rings (SSSR count). The number of para-hydroxylation sites is 1. The van der Waals surface area contributed by atoms with E-state index in [-0.39, 0.29) is 11.9 Å². The highest BCUT2D eigenvalue weighted by atomic mass is 16.5. The Kier molecular flexibility index (Phi) is 6.70. The maximum absolute atomic E-state index is 12.4. The molecule has 1 atom stereocenters. The largest absolute Gasteiger partial charge is 0.492 e. The fraction of sp³-hybridized carbons (Fsp3) is 0.650. The van der Waals surface area contributed by atoms with E-state index in [2.05, 4.69) is 15.1 Å². The van der Waals surface area contributed by atoms with E-state index in [4.69, 9.17) is 4.74 Å². The molecule has 1 aromatic rings. The summed E-state index contributed by atoms with van der Waals surface area (Å²) in [5.74, 6) is 1.13. The Labute approximate surface area is 151 Å². The number of carbonyl (C=O) groups excluding carboxylic acids is 1. The molecule has 1 aliphatic carbocycles. The zero-order valence-electron chi connectivity index (χ0n) is 15.3. The molecule has 1 heterocycles. The van der Waals surface area contributed by atoms with Crippen LogP contribution in [0.15, 0.2) is 30.3 Å². The lowest BCUT2D eigenvalue weighted by Crippen LogP contribution is -2.55. The van der Waals surface area contributed by atoms with Crippen LogP contribution in [0.3, 0.4) is 0 Å². The topological polar surface area (TPSA) is 44.8 Å². The monoisotopic (exact) mass is 345 g/mol. The summed E-state index contributed by atoms with van der Waals surface area (Å²) >= 11 is 0. The van der Waals surface area contributed by atoms with Crippen LogP contribution < -0.4 is 10.1 Å². The van der Waals surface area contributed by atoms with Gasteiger partial charge in [0.25, 0.3) is 0 Å². The van der Waals surface area contributed by atoms with Gasteiger partial charge in [-0.05, 0) is 31.9 Å². The number of hydrogen-bond acceptors (Lipinski definition) is 4. The van der Waals surface area contributed by atoms with E-state index >= 15 is 0 Å². The van der Waals surface area contributed by atoms with Gasteiger partial charge < -0.3 is 10.1 Å². The molecule has 1 aromatic carbocycles. The van der Waals surface area contributed by atoms with E-state index in [1.807, 2.05) is 37.3 Å². The van der Waals surface area contributed by atoms with Gasteiger partial charge in [0.1, 0.15) is 12.4 Å². The van der Waals surface area contributed by atoms with Crippen LogP contribution in [0.25, 0.3) is 0 Å². The van der Waals surface area contributed by atoms with Crippen molar-refractivity contribution in [3.8, 4) is 5.75 Å². The van der Waals surface area contributed by atoms with Crippen LogP contribution in [-0.2, 0) is 4.79 Å². The molecule has 0 unspecified atom stereocenters. The Morgan fingerprint density at radius 3 is 2.52 bits per heavy atom.